The van der Waals surface area contributed by atoms with Crippen molar-refractivity contribution in [1.29, 1.82) is 0 Å². The zero-order valence-corrected chi connectivity index (χ0v) is 10.2. The average molecular weight is 231 g/mol. The number of nitrogens with two attached hydrogens (primary N) is 1. The fourth-order valence-electron chi connectivity index (χ4n) is 2.28. The summed E-state index contributed by atoms with van der Waals surface area (Å²) < 4.78 is 1.92. The summed E-state index contributed by atoms with van der Waals surface area (Å²) >= 11 is 0. The molecule has 2 aromatic rings. The van der Waals surface area contributed by atoms with E-state index in [9.17, 15) is 0 Å². The lowest BCUT2D eigenvalue weighted by atomic mass is 10.3. The first-order chi connectivity index (χ1) is 8.15. The van der Waals surface area contributed by atoms with E-state index >= 15 is 0 Å². The highest BCUT2D eigenvalue weighted by molar-refractivity contribution is 5.66. The average Bonchev–Trinajstić information content (AvgIpc) is 2.78. The molecule has 1 aliphatic rings. The van der Waals surface area contributed by atoms with E-state index in [1.54, 1.807) is 12.4 Å². The topological polar surface area (TPSA) is 59.5 Å². The number of rotatable bonds is 3. The maximum atomic E-state index is 5.81. The van der Waals surface area contributed by atoms with E-state index in [0.29, 0.717) is 5.82 Å². The first kappa shape index (κ1) is 10.4. The molecular weight excluding hydrogens is 214 g/mol. The van der Waals surface area contributed by atoms with Gasteiger partial charge >= 0.3 is 0 Å². The van der Waals surface area contributed by atoms with E-state index < -0.39 is 0 Å². The Labute approximate surface area is 100 Å². The molecule has 1 saturated carbocycles. The molecule has 2 N–H and O–H groups in total. The van der Waals surface area contributed by atoms with Crippen LogP contribution in [0.15, 0.2) is 18.6 Å². The second kappa shape index (κ2) is 3.61. The Hall–Kier alpha value is -1.78. The monoisotopic (exact) mass is 231 g/mol. The minimum Gasteiger partial charge on any atom is -0.382 e. The number of imidazole rings is 1. The molecular formula is C12H17N5. The lowest BCUT2D eigenvalue weighted by Gasteiger charge is -2.18. The summed E-state index contributed by atoms with van der Waals surface area (Å²) in [4.78, 5) is 10.9. The number of nitrogen functional groups attached to an aromatic ring is 1. The standard InChI is InChI=1S/C12H17N5/c1-8-5-9(8)6-16(2)12-11-14-3-4-17(11)7-10(13)15-12/h3-4,7-9H,5-6,13H2,1-2H3. The van der Waals surface area contributed by atoms with Gasteiger partial charge in [-0.05, 0) is 18.3 Å². The van der Waals surface area contributed by atoms with Gasteiger partial charge in [0.2, 0.25) is 0 Å². The molecule has 90 valence electrons. The molecule has 5 nitrogen and oxygen atoms in total. The molecule has 2 unspecified atom stereocenters. The highest BCUT2D eigenvalue weighted by Gasteiger charge is 2.33. The van der Waals surface area contributed by atoms with Gasteiger partial charge in [0, 0.05) is 26.0 Å². The van der Waals surface area contributed by atoms with Crippen LogP contribution in [0.2, 0.25) is 0 Å². The van der Waals surface area contributed by atoms with Crippen molar-refractivity contribution in [3.8, 4) is 0 Å². The molecule has 1 fully saturated rings. The van der Waals surface area contributed by atoms with Crippen LogP contribution in [0.25, 0.3) is 5.65 Å². The number of hydrogen-bond acceptors (Lipinski definition) is 4. The quantitative estimate of drug-likeness (QED) is 0.867. The largest absolute Gasteiger partial charge is 0.382 e. The van der Waals surface area contributed by atoms with Crippen LogP contribution in [0, 0.1) is 11.8 Å². The minimum absolute atomic E-state index is 0.529. The molecule has 2 atom stereocenters. The Morgan fingerprint density at radius 3 is 3.06 bits per heavy atom. The summed E-state index contributed by atoms with van der Waals surface area (Å²) in [6.45, 7) is 3.32. The second-order valence-electron chi connectivity index (χ2n) is 5.00. The predicted octanol–water partition coefficient (Wildman–Crippen LogP) is 1.40. The van der Waals surface area contributed by atoms with E-state index in [0.717, 1.165) is 29.8 Å². The van der Waals surface area contributed by atoms with Crippen molar-refractivity contribution >= 4 is 17.3 Å². The van der Waals surface area contributed by atoms with Crippen molar-refractivity contribution < 1.29 is 0 Å². The first-order valence-electron chi connectivity index (χ1n) is 5.95. The molecule has 3 rings (SSSR count). The summed E-state index contributed by atoms with van der Waals surface area (Å²) in [5, 5.41) is 0. The number of aromatic nitrogens is 3. The van der Waals surface area contributed by atoms with Gasteiger partial charge in [-0.25, -0.2) is 9.97 Å². The van der Waals surface area contributed by atoms with Gasteiger partial charge in [0.25, 0.3) is 0 Å². The van der Waals surface area contributed by atoms with Crippen molar-refractivity contribution in [2.75, 3.05) is 24.2 Å². The molecule has 0 amide bonds. The lowest BCUT2D eigenvalue weighted by molar-refractivity contribution is 0.720. The summed E-state index contributed by atoms with van der Waals surface area (Å²) in [5.74, 6) is 3.03. The smallest absolute Gasteiger partial charge is 0.180 e. The molecule has 5 heteroatoms. The summed E-state index contributed by atoms with van der Waals surface area (Å²) in [7, 11) is 2.06. The molecule has 1 aliphatic carbocycles. The third-order valence-electron chi connectivity index (χ3n) is 3.52. The summed E-state index contributed by atoms with van der Waals surface area (Å²) in [5.41, 5.74) is 6.68. The SMILES string of the molecule is CC1CC1CN(C)c1nc(N)cn2ccnc12. The Kier molecular flexibility index (Phi) is 2.21. The summed E-state index contributed by atoms with van der Waals surface area (Å²) in [6.07, 6.45) is 6.77. The molecule has 0 saturated heterocycles. The fraction of sp³-hybridized carbons (Fsp3) is 0.500. The van der Waals surface area contributed by atoms with Crippen LogP contribution in [0.3, 0.4) is 0 Å². The van der Waals surface area contributed by atoms with Crippen LogP contribution >= 0.6 is 0 Å². The van der Waals surface area contributed by atoms with Crippen LogP contribution in [-0.2, 0) is 0 Å². The number of anilines is 2. The highest BCUT2D eigenvalue weighted by Crippen LogP contribution is 2.38. The third kappa shape index (κ3) is 1.81. The van der Waals surface area contributed by atoms with Crippen molar-refractivity contribution in [3.05, 3.63) is 18.6 Å². The molecule has 2 aromatic heterocycles. The van der Waals surface area contributed by atoms with E-state index in [2.05, 4.69) is 28.8 Å². The molecule has 0 spiro atoms. The number of nitrogens with zero attached hydrogens (tertiary/aromatic N) is 4. The van der Waals surface area contributed by atoms with Crippen molar-refractivity contribution in [2.24, 2.45) is 11.8 Å². The molecule has 0 radical (unpaired) electrons. The minimum atomic E-state index is 0.529. The van der Waals surface area contributed by atoms with Gasteiger partial charge in [0.1, 0.15) is 5.82 Å². The summed E-state index contributed by atoms with van der Waals surface area (Å²) in [6, 6.07) is 0. The lowest BCUT2D eigenvalue weighted by Crippen LogP contribution is -2.23. The van der Waals surface area contributed by atoms with Gasteiger partial charge in [0.05, 0.1) is 6.20 Å². The molecule has 0 bridgehead atoms. The van der Waals surface area contributed by atoms with Crippen LogP contribution in [-0.4, -0.2) is 28.0 Å². The van der Waals surface area contributed by atoms with Crippen molar-refractivity contribution in [3.63, 3.8) is 0 Å². The first-order valence-corrected chi connectivity index (χ1v) is 5.95. The van der Waals surface area contributed by atoms with Crippen LogP contribution in [0.5, 0.6) is 0 Å². The van der Waals surface area contributed by atoms with Gasteiger partial charge in [-0.3, -0.25) is 0 Å². The van der Waals surface area contributed by atoms with Crippen molar-refractivity contribution in [1.82, 2.24) is 14.4 Å². The van der Waals surface area contributed by atoms with Crippen molar-refractivity contribution in [2.45, 2.75) is 13.3 Å². The van der Waals surface area contributed by atoms with Gasteiger partial charge in [-0.15, -0.1) is 0 Å². The predicted molar refractivity (Wildman–Crippen MR) is 67.9 cm³/mol. The molecule has 0 aromatic carbocycles. The fourth-order valence-corrected chi connectivity index (χ4v) is 2.28. The Bertz CT molecular complexity index is 547. The van der Waals surface area contributed by atoms with Crippen LogP contribution < -0.4 is 10.6 Å². The zero-order chi connectivity index (χ0) is 12.0. The van der Waals surface area contributed by atoms with E-state index in [4.69, 9.17) is 5.73 Å². The third-order valence-corrected chi connectivity index (χ3v) is 3.52. The van der Waals surface area contributed by atoms with Gasteiger partial charge in [0.15, 0.2) is 11.5 Å². The number of hydrogen-bond donors (Lipinski definition) is 1. The van der Waals surface area contributed by atoms with E-state index in [1.165, 1.54) is 6.42 Å². The molecule has 2 heterocycles. The Morgan fingerprint density at radius 1 is 1.59 bits per heavy atom. The van der Waals surface area contributed by atoms with Gasteiger partial charge in [-0.1, -0.05) is 6.92 Å². The van der Waals surface area contributed by atoms with Gasteiger partial charge in [-0.2, -0.15) is 0 Å². The Balaban J connectivity index is 1.94. The molecule has 17 heavy (non-hydrogen) atoms. The van der Waals surface area contributed by atoms with E-state index in [1.807, 2.05) is 10.6 Å². The van der Waals surface area contributed by atoms with Gasteiger partial charge < -0.3 is 15.0 Å². The maximum absolute atomic E-state index is 5.81. The van der Waals surface area contributed by atoms with Crippen LogP contribution in [0.4, 0.5) is 11.6 Å². The number of fused-ring (bicyclic) bond motifs is 1. The second-order valence-corrected chi connectivity index (χ2v) is 5.00. The van der Waals surface area contributed by atoms with Crippen LogP contribution in [0.1, 0.15) is 13.3 Å². The maximum Gasteiger partial charge on any atom is 0.180 e. The Morgan fingerprint density at radius 2 is 2.35 bits per heavy atom. The highest BCUT2D eigenvalue weighted by atomic mass is 15.2. The normalized spacial score (nSPS) is 22.9. The van der Waals surface area contributed by atoms with E-state index in [-0.39, 0.29) is 0 Å². The molecule has 0 aliphatic heterocycles. The zero-order valence-electron chi connectivity index (χ0n) is 10.2.